The van der Waals surface area contributed by atoms with E-state index < -0.39 is 0 Å². The molecule has 0 spiro atoms. The van der Waals surface area contributed by atoms with E-state index in [1.807, 2.05) is 0 Å². The lowest BCUT2D eigenvalue weighted by Gasteiger charge is -2.15. The van der Waals surface area contributed by atoms with Gasteiger partial charge in [0.25, 0.3) is 0 Å². The third kappa shape index (κ3) is 1.93. The Morgan fingerprint density at radius 1 is 1.00 bits per heavy atom. The second kappa shape index (κ2) is 4.40. The minimum absolute atomic E-state index is 0.383. The lowest BCUT2D eigenvalue weighted by Crippen LogP contribution is -1.98. The molecule has 0 saturated carbocycles. The quantitative estimate of drug-likeness (QED) is 0.677. The average Bonchev–Trinajstić information content (AvgIpc) is 2.73. The molecule has 0 amide bonds. The van der Waals surface area contributed by atoms with Crippen molar-refractivity contribution in [3.63, 3.8) is 0 Å². The van der Waals surface area contributed by atoms with E-state index in [0.29, 0.717) is 5.92 Å². The zero-order valence-electron chi connectivity index (χ0n) is 10.6. The molecule has 0 N–H and O–H groups in total. The normalized spacial score (nSPS) is 16.9. The molecule has 1 aliphatic rings. The first-order valence-electron chi connectivity index (χ1n) is 6.20. The fourth-order valence-corrected chi connectivity index (χ4v) is 3.42. The third-order valence-corrected chi connectivity index (χ3v) is 4.16. The van der Waals surface area contributed by atoms with Crippen LogP contribution in [0.5, 0.6) is 0 Å². The first kappa shape index (κ1) is 11.7. The first-order chi connectivity index (χ1) is 8.65. The predicted molar refractivity (Wildman–Crippen MR) is 80.9 cm³/mol. The van der Waals surface area contributed by atoms with Crippen molar-refractivity contribution in [1.82, 2.24) is 0 Å². The summed E-state index contributed by atoms with van der Waals surface area (Å²) in [5.41, 5.74) is 6.77. The van der Waals surface area contributed by atoms with Gasteiger partial charge in [0, 0.05) is 10.4 Å². The van der Waals surface area contributed by atoms with Crippen LogP contribution in [0.25, 0.3) is 6.08 Å². The van der Waals surface area contributed by atoms with Crippen LogP contribution < -0.4 is 0 Å². The van der Waals surface area contributed by atoms with E-state index >= 15 is 0 Å². The van der Waals surface area contributed by atoms with Crippen molar-refractivity contribution >= 4 is 22.0 Å². The Morgan fingerprint density at radius 2 is 1.72 bits per heavy atom. The molecule has 0 heterocycles. The van der Waals surface area contributed by atoms with Gasteiger partial charge in [0.05, 0.1) is 0 Å². The molecule has 0 nitrogen and oxygen atoms in total. The van der Waals surface area contributed by atoms with Gasteiger partial charge in [-0.1, -0.05) is 69.5 Å². The first-order valence-corrected chi connectivity index (χ1v) is 6.99. The van der Waals surface area contributed by atoms with Crippen LogP contribution in [0.1, 0.15) is 33.7 Å². The molecule has 2 aromatic carbocycles. The van der Waals surface area contributed by atoms with Crippen LogP contribution >= 0.6 is 15.9 Å². The molecule has 2 aromatic rings. The number of hydrogen-bond donors (Lipinski definition) is 0. The summed E-state index contributed by atoms with van der Waals surface area (Å²) in [6, 6.07) is 13.2. The van der Waals surface area contributed by atoms with Crippen LogP contribution in [0.4, 0.5) is 0 Å². The maximum atomic E-state index is 3.68. The van der Waals surface area contributed by atoms with E-state index in [2.05, 4.69) is 78.3 Å². The molecular weight excluding hydrogens is 284 g/mol. The van der Waals surface area contributed by atoms with Crippen molar-refractivity contribution < 1.29 is 0 Å². The summed E-state index contributed by atoms with van der Waals surface area (Å²) in [6.07, 6.45) is 4.52. The highest BCUT2D eigenvalue weighted by molar-refractivity contribution is 9.10. The van der Waals surface area contributed by atoms with Crippen molar-refractivity contribution in [2.24, 2.45) is 0 Å². The van der Waals surface area contributed by atoms with E-state index in [0.717, 1.165) is 0 Å². The highest BCUT2D eigenvalue weighted by atomic mass is 79.9. The van der Waals surface area contributed by atoms with Gasteiger partial charge >= 0.3 is 0 Å². The molecule has 18 heavy (non-hydrogen) atoms. The Labute approximate surface area is 116 Å². The number of fused-ring (bicyclic) bond motifs is 1. The summed E-state index contributed by atoms with van der Waals surface area (Å²) in [5.74, 6) is 0.383. The monoisotopic (exact) mass is 298 g/mol. The van der Waals surface area contributed by atoms with Crippen molar-refractivity contribution in [1.29, 1.82) is 0 Å². The Hall–Kier alpha value is -1.34. The second-order valence-electron chi connectivity index (χ2n) is 5.00. The Morgan fingerprint density at radius 3 is 2.44 bits per heavy atom. The zero-order valence-corrected chi connectivity index (χ0v) is 12.2. The Bertz CT molecular complexity index is 618. The summed E-state index contributed by atoms with van der Waals surface area (Å²) in [4.78, 5) is 0. The van der Waals surface area contributed by atoms with Crippen molar-refractivity contribution in [3.8, 4) is 0 Å². The molecule has 1 heteroatoms. The summed E-state index contributed by atoms with van der Waals surface area (Å²) in [6.45, 7) is 4.33. The van der Waals surface area contributed by atoms with Crippen LogP contribution in [0, 0.1) is 13.8 Å². The van der Waals surface area contributed by atoms with E-state index in [1.54, 1.807) is 0 Å². The third-order valence-electron chi connectivity index (χ3n) is 3.47. The van der Waals surface area contributed by atoms with E-state index in [-0.39, 0.29) is 0 Å². The van der Waals surface area contributed by atoms with E-state index in [9.17, 15) is 0 Å². The molecule has 0 fully saturated rings. The molecule has 0 aliphatic heterocycles. The van der Waals surface area contributed by atoms with E-state index in [4.69, 9.17) is 0 Å². The van der Waals surface area contributed by atoms with Crippen LogP contribution in [0.2, 0.25) is 0 Å². The van der Waals surface area contributed by atoms with Gasteiger partial charge < -0.3 is 0 Å². The van der Waals surface area contributed by atoms with Crippen LogP contribution in [-0.2, 0) is 0 Å². The second-order valence-corrected chi connectivity index (χ2v) is 5.85. The summed E-state index contributed by atoms with van der Waals surface area (Å²) in [7, 11) is 0. The van der Waals surface area contributed by atoms with Gasteiger partial charge in [-0.05, 0) is 36.6 Å². The number of hydrogen-bond acceptors (Lipinski definition) is 0. The van der Waals surface area contributed by atoms with E-state index in [1.165, 1.54) is 32.3 Å². The zero-order chi connectivity index (χ0) is 12.7. The molecule has 0 saturated heterocycles. The topological polar surface area (TPSA) is 0 Å². The number of benzene rings is 2. The van der Waals surface area contributed by atoms with Gasteiger partial charge in [0.15, 0.2) is 0 Å². The SMILES string of the molecule is Cc1cc(C)cc(C2C=Cc3cccc(Br)c32)c1. The lowest BCUT2D eigenvalue weighted by atomic mass is 9.91. The summed E-state index contributed by atoms with van der Waals surface area (Å²) >= 11 is 3.68. The molecule has 0 radical (unpaired) electrons. The smallest absolute Gasteiger partial charge is 0.0290 e. The molecule has 3 rings (SSSR count). The standard InChI is InChI=1S/C17H15Br/c1-11-8-12(2)10-14(9-11)15-7-6-13-4-3-5-16(18)17(13)15/h3-10,15H,1-2H3. The average molecular weight is 299 g/mol. The van der Waals surface area contributed by atoms with Crippen LogP contribution in [0.3, 0.4) is 0 Å². The summed E-state index contributed by atoms with van der Waals surface area (Å²) < 4.78 is 1.20. The number of allylic oxidation sites excluding steroid dienone is 1. The maximum absolute atomic E-state index is 3.68. The fourth-order valence-electron chi connectivity index (χ4n) is 2.79. The lowest BCUT2D eigenvalue weighted by molar-refractivity contribution is 1.03. The van der Waals surface area contributed by atoms with Gasteiger partial charge in [-0.15, -0.1) is 0 Å². The highest BCUT2D eigenvalue weighted by Crippen LogP contribution is 2.40. The fraction of sp³-hybridized carbons (Fsp3) is 0.176. The molecular formula is C17H15Br. The number of rotatable bonds is 1. The summed E-state index contributed by atoms with van der Waals surface area (Å²) in [5, 5.41) is 0. The minimum Gasteiger partial charge on any atom is -0.0720 e. The molecule has 0 aromatic heterocycles. The Kier molecular flexibility index (Phi) is 2.87. The van der Waals surface area contributed by atoms with Gasteiger partial charge in [-0.3, -0.25) is 0 Å². The van der Waals surface area contributed by atoms with Gasteiger partial charge in [0.1, 0.15) is 0 Å². The van der Waals surface area contributed by atoms with Crippen molar-refractivity contribution in [2.75, 3.05) is 0 Å². The molecule has 0 bridgehead atoms. The highest BCUT2D eigenvalue weighted by Gasteiger charge is 2.21. The number of halogens is 1. The molecule has 1 atom stereocenters. The van der Waals surface area contributed by atoms with Crippen LogP contribution in [0.15, 0.2) is 46.9 Å². The minimum atomic E-state index is 0.383. The largest absolute Gasteiger partial charge is 0.0720 e. The molecule has 1 aliphatic carbocycles. The predicted octanol–water partition coefficient (Wildman–Crippen LogP) is 5.22. The maximum Gasteiger partial charge on any atom is 0.0290 e. The van der Waals surface area contributed by atoms with Gasteiger partial charge in [0.2, 0.25) is 0 Å². The van der Waals surface area contributed by atoms with Crippen LogP contribution in [-0.4, -0.2) is 0 Å². The molecule has 90 valence electrons. The Balaban J connectivity index is 2.14. The van der Waals surface area contributed by atoms with Gasteiger partial charge in [-0.2, -0.15) is 0 Å². The van der Waals surface area contributed by atoms with Crippen molar-refractivity contribution in [2.45, 2.75) is 19.8 Å². The number of aryl methyl sites for hydroxylation is 2. The van der Waals surface area contributed by atoms with Gasteiger partial charge in [-0.25, -0.2) is 0 Å². The molecule has 1 unspecified atom stereocenters. The van der Waals surface area contributed by atoms with Crippen molar-refractivity contribution in [3.05, 3.63) is 74.8 Å².